The summed E-state index contributed by atoms with van der Waals surface area (Å²) in [6, 6.07) is 8.13. The van der Waals surface area contributed by atoms with Gasteiger partial charge < -0.3 is 15.0 Å². The van der Waals surface area contributed by atoms with Gasteiger partial charge in [-0.1, -0.05) is 41.9 Å². The predicted molar refractivity (Wildman–Crippen MR) is 106 cm³/mol. The largest absolute Gasteiger partial charge is 0.444 e. The second-order valence-corrected chi connectivity index (χ2v) is 9.44. The fraction of sp³-hybridized carbons (Fsp3) is 0.600. The van der Waals surface area contributed by atoms with Crippen LogP contribution in [0.2, 0.25) is 0 Å². The Hall–Kier alpha value is -1.56. The van der Waals surface area contributed by atoms with Gasteiger partial charge in [-0.05, 0) is 44.9 Å². The maximum absolute atomic E-state index is 12.5. The quantitative estimate of drug-likeness (QED) is 0.790. The van der Waals surface area contributed by atoms with Gasteiger partial charge in [0.1, 0.15) is 5.60 Å². The summed E-state index contributed by atoms with van der Waals surface area (Å²) in [5, 5.41) is 3.06. The number of rotatable bonds is 4. The number of benzene rings is 1. The first-order valence-corrected chi connectivity index (χ1v) is 9.79. The van der Waals surface area contributed by atoms with Gasteiger partial charge in [-0.15, -0.1) is 0 Å². The van der Waals surface area contributed by atoms with Crippen molar-refractivity contribution in [2.75, 3.05) is 19.6 Å². The predicted octanol–water partition coefficient (Wildman–Crippen LogP) is 4.10. The van der Waals surface area contributed by atoms with E-state index in [1.807, 2.05) is 32.9 Å². The van der Waals surface area contributed by atoms with E-state index in [9.17, 15) is 9.59 Å². The average Bonchev–Trinajstić information content (AvgIpc) is 3.01. The molecular weight excluding hydrogens is 396 g/mol. The lowest BCUT2D eigenvalue weighted by Gasteiger charge is -2.27. The summed E-state index contributed by atoms with van der Waals surface area (Å²) in [6.07, 6.45) is 0.324. The van der Waals surface area contributed by atoms with Crippen molar-refractivity contribution in [1.29, 1.82) is 0 Å². The smallest absolute Gasteiger partial charge is 0.410 e. The molecule has 6 heteroatoms. The van der Waals surface area contributed by atoms with E-state index in [4.69, 9.17) is 4.74 Å². The van der Waals surface area contributed by atoms with Gasteiger partial charge in [-0.25, -0.2) is 4.79 Å². The van der Waals surface area contributed by atoms with Crippen molar-refractivity contribution in [3.05, 3.63) is 34.3 Å². The molecule has 1 fully saturated rings. The summed E-state index contributed by atoms with van der Waals surface area (Å²) in [4.78, 5) is 26.3. The van der Waals surface area contributed by atoms with Gasteiger partial charge in [0.05, 0.1) is 5.92 Å². The molecule has 1 heterocycles. The molecule has 0 saturated carbocycles. The van der Waals surface area contributed by atoms with Crippen molar-refractivity contribution in [3.8, 4) is 0 Å². The van der Waals surface area contributed by atoms with E-state index < -0.39 is 5.60 Å². The molecule has 0 radical (unpaired) electrons. The van der Waals surface area contributed by atoms with Crippen LogP contribution in [0.15, 0.2) is 28.7 Å². The fourth-order valence-corrected chi connectivity index (χ4v) is 3.33. The van der Waals surface area contributed by atoms with Crippen molar-refractivity contribution in [1.82, 2.24) is 10.2 Å². The first-order chi connectivity index (χ1) is 12.0. The molecule has 1 aliphatic rings. The zero-order valence-electron chi connectivity index (χ0n) is 16.3. The topological polar surface area (TPSA) is 58.6 Å². The molecule has 1 unspecified atom stereocenters. The van der Waals surface area contributed by atoms with E-state index in [1.165, 1.54) is 0 Å². The van der Waals surface area contributed by atoms with Crippen molar-refractivity contribution in [3.63, 3.8) is 0 Å². The monoisotopic (exact) mass is 424 g/mol. The van der Waals surface area contributed by atoms with Gasteiger partial charge in [-0.3, -0.25) is 4.79 Å². The van der Waals surface area contributed by atoms with Crippen LogP contribution in [0.3, 0.4) is 0 Å². The number of carbonyl (C=O) groups is 2. The number of hydrogen-bond donors (Lipinski definition) is 1. The van der Waals surface area contributed by atoms with E-state index in [1.54, 1.807) is 4.90 Å². The van der Waals surface area contributed by atoms with Gasteiger partial charge in [0.15, 0.2) is 0 Å². The number of halogens is 1. The SMILES string of the molecule is CC(C)(C)OC(=O)N1CCC(C(=O)NCC(C)(C)c2cccc(Br)c2)C1. The van der Waals surface area contributed by atoms with Crippen LogP contribution in [0.5, 0.6) is 0 Å². The molecule has 1 N–H and O–H groups in total. The molecule has 144 valence electrons. The molecule has 1 aromatic carbocycles. The number of nitrogens with one attached hydrogen (secondary N) is 1. The number of carbonyl (C=O) groups excluding carboxylic acids is 2. The highest BCUT2D eigenvalue weighted by Gasteiger charge is 2.34. The molecule has 26 heavy (non-hydrogen) atoms. The standard InChI is InChI=1S/C20H29BrN2O3/c1-19(2,3)26-18(25)23-10-9-14(12-23)17(24)22-13-20(4,5)15-7-6-8-16(21)11-15/h6-8,11,14H,9-10,12-13H2,1-5H3,(H,22,24). The van der Waals surface area contributed by atoms with Crippen molar-refractivity contribution >= 4 is 27.9 Å². The van der Waals surface area contributed by atoms with Crippen LogP contribution in [0.4, 0.5) is 4.79 Å². The van der Waals surface area contributed by atoms with E-state index >= 15 is 0 Å². The second kappa shape index (κ2) is 7.99. The number of hydrogen-bond acceptors (Lipinski definition) is 3. The molecule has 2 amide bonds. The van der Waals surface area contributed by atoms with Crippen molar-refractivity contribution in [2.45, 2.75) is 52.1 Å². The molecule has 1 aliphatic heterocycles. The number of amides is 2. The maximum atomic E-state index is 12.5. The second-order valence-electron chi connectivity index (χ2n) is 8.52. The zero-order valence-corrected chi connectivity index (χ0v) is 17.9. The summed E-state index contributed by atoms with van der Waals surface area (Å²) < 4.78 is 6.41. The third-order valence-corrected chi connectivity index (χ3v) is 5.01. The lowest BCUT2D eigenvalue weighted by Crippen LogP contribution is -2.41. The lowest BCUT2D eigenvalue weighted by atomic mass is 9.84. The summed E-state index contributed by atoms with van der Waals surface area (Å²) >= 11 is 3.49. The Kier molecular flexibility index (Phi) is 6.37. The lowest BCUT2D eigenvalue weighted by molar-refractivity contribution is -0.124. The fourth-order valence-electron chi connectivity index (χ4n) is 2.93. The van der Waals surface area contributed by atoms with Gasteiger partial charge in [-0.2, -0.15) is 0 Å². The Balaban J connectivity index is 1.88. The Bertz CT molecular complexity index is 667. The van der Waals surface area contributed by atoms with Gasteiger partial charge >= 0.3 is 6.09 Å². The molecule has 0 aliphatic carbocycles. The van der Waals surface area contributed by atoms with E-state index in [2.05, 4.69) is 47.2 Å². The Labute approximate surface area is 164 Å². The third kappa shape index (κ3) is 5.73. The minimum Gasteiger partial charge on any atom is -0.444 e. The summed E-state index contributed by atoms with van der Waals surface area (Å²) in [7, 11) is 0. The van der Waals surface area contributed by atoms with Crippen LogP contribution in [0.1, 0.15) is 46.6 Å². The first-order valence-electron chi connectivity index (χ1n) is 9.00. The highest BCUT2D eigenvalue weighted by atomic mass is 79.9. The zero-order chi connectivity index (χ0) is 19.5. The molecule has 1 atom stereocenters. The van der Waals surface area contributed by atoms with E-state index in [0.29, 0.717) is 26.1 Å². The maximum Gasteiger partial charge on any atom is 0.410 e. The van der Waals surface area contributed by atoms with Crippen molar-refractivity contribution in [2.24, 2.45) is 5.92 Å². The Morgan fingerprint density at radius 1 is 1.27 bits per heavy atom. The molecule has 0 aromatic heterocycles. The molecule has 1 saturated heterocycles. The minimum absolute atomic E-state index is 0.000805. The Morgan fingerprint density at radius 3 is 2.58 bits per heavy atom. The van der Waals surface area contributed by atoms with E-state index in [0.717, 1.165) is 10.0 Å². The van der Waals surface area contributed by atoms with Crippen LogP contribution in [0.25, 0.3) is 0 Å². The highest BCUT2D eigenvalue weighted by Crippen LogP contribution is 2.26. The highest BCUT2D eigenvalue weighted by molar-refractivity contribution is 9.10. The number of ether oxygens (including phenoxy) is 1. The van der Waals surface area contributed by atoms with Gasteiger partial charge in [0, 0.05) is 29.5 Å². The van der Waals surface area contributed by atoms with Crippen LogP contribution >= 0.6 is 15.9 Å². The summed E-state index contributed by atoms with van der Waals surface area (Å²) in [5.74, 6) is -0.181. The normalized spacial score (nSPS) is 17.9. The van der Waals surface area contributed by atoms with Crippen LogP contribution in [0, 0.1) is 5.92 Å². The molecule has 0 spiro atoms. The minimum atomic E-state index is -0.522. The number of likely N-dealkylation sites (tertiary alicyclic amines) is 1. The first kappa shape index (κ1) is 20.7. The van der Waals surface area contributed by atoms with E-state index in [-0.39, 0.29) is 23.3 Å². The van der Waals surface area contributed by atoms with Crippen LogP contribution < -0.4 is 5.32 Å². The molecular formula is C20H29BrN2O3. The van der Waals surface area contributed by atoms with Gasteiger partial charge in [0.2, 0.25) is 5.91 Å². The van der Waals surface area contributed by atoms with Crippen LogP contribution in [-0.4, -0.2) is 42.1 Å². The summed E-state index contributed by atoms with van der Waals surface area (Å²) in [6.45, 7) is 11.3. The summed E-state index contributed by atoms with van der Waals surface area (Å²) in [5.41, 5.74) is 0.461. The average molecular weight is 425 g/mol. The molecule has 5 nitrogen and oxygen atoms in total. The molecule has 2 rings (SSSR count). The van der Waals surface area contributed by atoms with Gasteiger partial charge in [0.25, 0.3) is 0 Å². The number of nitrogens with zero attached hydrogens (tertiary/aromatic N) is 1. The van der Waals surface area contributed by atoms with Crippen molar-refractivity contribution < 1.29 is 14.3 Å². The molecule has 1 aromatic rings. The molecule has 0 bridgehead atoms. The third-order valence-electron chi connectivity index (χ3n) is 4.52. The Morgan fingerprint density at radius 2 is 1.96 bits per heavy atom. The van der Waals surface area contributed by atoms with Crippen LogP contribution in [-0.2, 0) is 14.9 Å².